The highest BCUT2D eigenvalue weighted by Gasteiger charge is 2.28. The van der Waals surface area contributed by atoms with Crippen molar-refractivity contribution in [3.8, 4) is 17.2 Å². The lowest BCUT2D eigenvalue weighted by atomic mass is 10.1. The fraction of sp³-hybridized carbons (Fsp3) is 0.136. The summed E-state index contributed by atoms with van der Waals surface area (Å²) in [5.41, 5.74) is 2.19. The van der Waals surface area contributed by atoms with Crippen molar-refractivity contribution >= 4 is 23.5 Å². The number of hydrogen-bond donors (Lipinski definition) is 0. The summed E-state index contributed by atoms with van der Waals surface area (Å²) in [4.78, 5) is 12.5. The van der Waals surface area contributed by atoms with Crippen LogP contribution in [0.4, 0.5) is 0 Å². The predicted octanol–water partition coefficient (Wildman–Crippen LogP) is 4.99. The summed E-state index contributed by atoms with van der Waals surface area (Å²) in [5.74, 6) is 2.31. The van der Waals surface area contributed by atoms with E-state index in [9.17, 15) is 4.79 Å². The Hall–Kier alpha value is -3.22. The van der Waals surface area contributed by atoms with E-state index in [0.717, 1.165) is 16.9 Å². The Bertz CT molecular complexity index is 1120. The average molecular weight is 411 g/mol. The van der Waals surface area contributed by atoms with Gasteiger partial charge in [0.1, 0.15) is 29.6 Å². The van der Waals surface area contributed by atoms with Crippen LogP contribution >= 0.6 is 11.6 Å². The molecule has 0 N–H and O–H groups in total. The smallest absolute Gasteiger partial charge is 0.232 e. The van der Waals surface area contributed by atoms with Crippen LogP contribution in [0.1, 0.15) is 27.2 Å². The van der Waals surface area contributed by atoms with Gasteiger partial charge in [-0.2, -0.15) is 0 Å². The van der Waals surface area contributed by atoms with Gasteiger partial charge in [-0.05, 0) is 36.4 Å². The first-order valence-electron chi connectivity index (χ1n) is 8.94. The standard InChI is InChI=1S/C22H15ClO6/c23-15-6-13-10-25-12-28-22(13)14(7-15)11-27-17-3-4-18-19(8-17)29-20(21(18)24)9-16-2-1-5-26-16/h1-9H,10-12H2/b20-9-. The van der Waals surface area contributed by atoms with Gasteiger partial charge in [-0.25, -0.2) is 0 Å². The lowest BCUT2D eigenvalue weighted by molar-refractivity contribution is -0.0175. The van der Waals surface area contributed by atoms with E-state index in [1.165, 1.54) is 6.26 Å². The Morgan fingerprint density at radius 1 is 1.17 bits per heavy atom. The molecule has 0 atom stereocenters. The molecule has 6 nitrogen and oxygen atoms in total. The summed E-state index contributed by atoms with van der Waals surface area (Å²) in [5, 5.41) is 0.590. The molecule has 7 heteroatoms. The molecule has 0 unspecified atom stereocenters. The van der Waals surface area contributed by atoms with Crippen molar-refractivity contribution in [1.29, 1.82) is 0 Å². The van der Waals surface area contributed by atoms with Crippen molar-refractivity contribution in [2.45, 2.75) is 13.2 Å². The Kier molecular flexibility index (Phi) is 4.50. The van der Waals surface area contributed by atoms with Crippen molar-refractivity contribution in [2.75, 3.05) is 6.79 Å². The van der Waals surface area contributed by atoms with Crippen LogP contribution < -0.4 is 14.2 Å². The Morgan fingerprint density at radius 2 is 2.10 bits per heavy atom. The van der Waals surface area contributed by atoms with Gasteiger partial charge in [0.2, 0.25) is 5.78 Å². The number of Topliss-reactive ketones (excluding diaryl/α,β-unsaturated/α-hetero) is 1. The SMILES string of the molecule is O=C1/C(=C/c2ccco2)Oc2cc(OCc3cc(Cl)cc4c3OCOC4)ccc21. The number of ether oxygens (including phenoxy) is 4. The molecule has 0 radical (unpaired) electrons. The number of allylic oxidation sites excluding steroid dienone is 1. The number of carbonyl (C=O) groups excluding carboxylic acids is 1. The number of ketones is 1. The number of benzene rings is 2. The largest absolute Gasteiger partial charge is 0.489 e. The lowest BCUT2D eigenvalue weighted by Crippen LogP contribution is -2.14. The van der Waals surface area contributed by atoms with E-state index in [4.69, 9.17) is 35.0 Å². The van der Waals surface area contributed by atoms with Crippen molar-refractivity contribution in [1.82, 2.24) is 0 Å². The Labute approximate surface area is 171 Å². The summed E-state index contributed by atoms with van der Waals surface area (Å²) >= 11 is 6.19. The fourth-order valence-corrected chi connectivity index (χ4v) is 3.55. The molecular formula is C22H15ClO6. The maximum Gasteiger partial charge on any atom is 0.232 e. The molecule has 0 amide bonds. The molecule has 2 aliphatic rings. The van der Waals surface area contributed by atoms with Gasteiger partial charge in [0.15, 0.2) is 12.6 Å². The number of hydrogen-bond acceptors (Lipinski definition) is 6. The zero-order chi connectivity index (χ0) is 19.8. The molecule has 29 heavy (non-hydrogen) atoms. The number of furan rings is 1. The summed E-state index contributed by atoms with van der Waals surface area (Å²) in [6, 6.07) is 12.2. The zero-order valence-corrected chi connectivity index (χ0v) is 15.9. The molecule has 1 aromatic heterocycles. The number of carbonyl (C=O) groups is 1. The van der Waals surface area contributed by atoms with E-state index in [1.807, 2.05) is 12.1 Å². The third kappa shape index (κ3) is 3.48. The van der Waals surface area contributed by atoms with Crippen LogP contribution in [0.25, 0.3) is 6.08 Å². The van der Waals surface area contributed by atoms with Gasteiger partial charge < -0.3 is 23.4 Å². The second kappa shape index (κ2) is 7.31. The van der Waals surface area contributed by atoms with Crippen LogP contribution in [0.15, 0.2) is 58.9 Å². The molecule has 0 fully saturated rings. The highest BCUT2D eigenvalue weighted by atomic mass is 35.5. The van der Waals surface area contributed by atoms with Gasteiger partial charge in [0, 0.05) is 28.3 Å². The third-order valence-electron chi connectivity index (χ3n) is 4.60. The highest BCUT2D eigenvalue weighted by molar-refractivity contribution is 6.30. The molecule has 2 aliphatic heterocycles. The first-order valence-corrected chi connectivity index (χ1v) is 9.31. The molecule has 146 valence electrons. The summed E-state index contributed by atoms with van der Waals surface area (Å²) in [7, 11) is 0. The van der Waals surface area contributed by atoms with E-state index < -0.39 is 0 Å². The van der Waals surface area contributed by atoms with Crippen molar-refractivity contribution in [3.63, 3.8) is 0 Å². The second-order valence-electron chi connectivity index (χ2n) is 6.57. The molecule has 0 aliphatic carbocycles. The molecule has 0 saturated heterocycles. The van der Waals surface area contributed by atoms with Gasteiger partial charge in [0.05, 0.1) is 18.4 Å². The van der Waals surface area contributed by atoms with Gasteiger partial charge in [0.25, 0.3) is 0 Å². The molecule has 0 saturated carbocycles. The van der Waals surface area contributed by atoms with Gasteiger partial charge >= 0.3 is 0 Å². The van der Waals surface area contributed by atoms with Crippen LogP contribution in [0, 0.1) is 0 Å². The number of rotatable bonds is 4. The quantitative estimate of drug-likeness (QED) is 0.564. The summed E-state index contributed by atoms with van der Waals surface area (Å²) in [6.45, 7) is 0.897. The van der Waals surface area contributed by atoms with Crippen molar-refractivity contribution < 1.29 is 28.2 Å². The lowest BCUT2D eigenvalue weighted by Gasteiger charge is -2.21. The Morgan fingerprint density at radius 3 is 2.97 bits per heavy atom. The van der Waals surface area contributed by atoms with E-state index in [0.29, 0.717) is 34.5 Å². The maximum absolute atomic E-state index is 12.5. The van der Waals surface area contributed by atoms with Gasteiger partial charge in [-0.1, -0.05) is 11.6 Å². The van der Waals surface area contributed by atoms with Crippen molar-refractivity contribution in [3.05, 3.63) is 82.0 Å². The van der Waals surface area contributed by atoms with Crippen LogP contribution in [0.2, 0.25) is 5.02 Å². The molecule has 0 bridgehead atoms. The van der Waals surface area contributed by atoms with E-state index in [-0.39, 0.29) is 24.9 Å². The van der Waals surface area contributed by atoms with Gasteiger partial charge in [-0.15, -0.1) is 0 Å². The van der Waals surface area contributed by atoms with Crippen LogP contribution in [0.3, 0.4) is 0 Å². The normalized spacial score (nSPS) is 16.2. The monoisotopic (exact) mass is 410 g/mol. The Balaban J connectivity index is 1.35. The molecule has 3 heterocycles. The average Bonchev–Trinajstić information content (AvgIpc) is 3.34. The van der Waals surface area contributed by atoms with Crippen LogP contribution in [-0.2, 0) is 18.0 Å². The van der Waals surface area contributed by atoms with E-state index >= 15 is 0 Å². The fourth-order valence-electron chi connectivity index (χ4n) is 3.28. The number of fused-ring (bicyclic) bond motifs is 2. The molecular weight excluding hydrogens is 396 g/mol. The zero-order valence-electron chi connectivity index (χ0n) is 15.1. The first-order chi connectivity index (χ1) is 14.2. The summed E-state index contributed by atoms with van der Waals surface area (Å²) in [6.07, 6.45) is 3.11. The minimum atomic E-state index is -0.194. The molecule has 2 aromatic carbocycles. The van der Waals surface area contributed by atoms with Gasteiger partial charge in [-0.3, -0.25) is 4.79 Å². The van der Waals surface area contributed by atoms with E-state index in [1.54, 1.807) is 36.4 Å². The van der Waals surface area contributed by atoms with Crippen LogP contribution in [-0.4, -0.2) is 12.6 Å². The second-order valence-corrected chi connectivity index (χ2v) is 7.00. The van der Waals surface area contributed by atoms with E-state index in [2.05, 4.69) is 0 Å². The third-order valence-corrected chi connectivity index (χ3v) is 4.82. The maximum atomic E-state index is 12.5. The molecule has 3 aromatic rings. The number of halogens is 1. The van der Waals surface area contributed by atoms with Crippen molar-refractivity contribution in [2.24, 2.45) is 0 Å². The topological polar surface area (TPSA) is 67.1 Å². The molecule has 5 rings (SSSR count). The molecule has 0 spiro atoms. The highest BCUT2D eigenvalue weighted by Crippen LogP contribution is 2.36. The predicted molar refractivity (Wildman–Crippen MR) is 104 cm³/mol. The van der Waals surface area contributed by atoms with Crippen LogP contribution in [0.5, 0.6) is 17.2 Å². The minimum absolute atomic E-state index is 0.194. The minimum Gasteiger partial charge on any atom is -0.489 e. The summed E-state index contributed by atoms with van der Waals surface area (Å²) < 4.78 is 27.8. The first kappa shape index (κ1) is 17.8.